The highest BCUT2D eigenvalue weighted by Crippen LogP contribution is 2.35. The molecule has 29 N–H and O–H groups in total. The van der Waals surface area contributed by atoms with E-state index in [1.807, 2.05) is 0 Å². The molecule has 8 heterocycles. The number of carbonyl (C=O) groups is 11. The molecule has 8 amide bonds. The lowest BCUT2D eigenvalue weighted by Crippen LogP contribution is -2.65. The molecule has 0 aromatic heterocycles. The molecule has 147 heavy (non-hydrogen) atoms. The van der Waals surface area contributed by atoms with Gasteiger partial charge < -0.3 is 221 Å². The number of ketones is 2. The molecule has 8 fully saturated rings. The lowest BCUT2D eigenvalue weighted by atomic mass is 9.96. The average Bonchev–Trinajstić information content (AvgIpc) is 0.911. The zero-order chi connectivity index (χ0) is 108. The van der Waals surface area contributed by atoms with E-state index < -0.39 is 354 Å². The number of hydroxylamine groups is 2. The van der Waals surface area contributed by atoms with E-state index in [0.717, 1.165) is 0 Å². The fraction of sp³-hybridized carbons (Fsp3) is 0.876. The Hall–Kier alpha value is -6.79. The van der Waals surface area contributed by atoms with Crippen LogP contribution in [0.4, 0.5) is 0 Å². The van der Waals surface area contributed by atoms with Gasteiger partial charge in [-0.05, 0) is 77.6 Å². The maximum atomic E-state index is 13.7. The number of carbonyl (C=O) groups excluding carboxylic acids is 11. The van der Waals surface area contributed by atoms with Crippen molar-refractivity contribution in [2.45, 2.75) is 357 Å². The van der Waals surface area contributed by atoms with Crippen LogP contribution < -0.4 is 31.9 Å². The Morgan fingerprint density at radius 2 is 0.551 bits per heavy atom. The Kier molecular flexibility index (Phi) is 54.9. The number of imide groups is 1. The minimum atomic E-state index is -2.04. The molecular weight excluding hydrogens is 1980 g/mol. The molecule has 8 rings (SSSR count). The van der Waals surface area contributed by atoms with Gasteiger partial charge in [-0.1, -0.05) is 19.3 Å². The van der Waals surface area contributed by atoms with Crippen LogP contribution in [0, 0.1) is 0 Å². The number of Topliss-reactive ketones (excluding diaryl/α,β-unsaturated/α-hetero) is 2. The van der Waals surface area contributed by atoms with Crippen molar-refractivity contribution in [3.05, 3.63) is 0 Å². The SMILES string of the molecule is C[C@@H]1O[C@@H](OCCCC(=O)CCCCCNC(=O)CN(CC(=O)NCCCCCNC(=O)CN(CC(=O)NCCCCCC(=O)CCCO[C@H]2O[C@H](CO[C@H]3O[C@H](CO)[C@@H](O)[C@H](O)[C@@H]3O)[C@@H](O)[C@H](O[C@H]3O[C@H](CO)[C@@H](O)[C@H](O)[C@@H]3O)[C@@H]2O)CC(=O)NCCCCCC(=O)ON2C(=O)CCC2=O)CC(=O)NCCO[C@H]2O[C@H](CO[C@H]3O[C@H](CO)[C@@H](O)[C@H](O)[C@@H]3O)[C@@H](O)[C@H](O[C@H]3O[C@H](CO)[C@@H](O)[C@H](O)[C@@H]3O)[C@@H]2O)[C@@H](O)[C@H](O)[C@@H]1O. The van der Waals surface area contributed by atoms with Gasteiger partial charge in [0.2, 0.25) is 35.4 Å². The first-order valence-electron chi connectivity index (χ1n) is 49.6. The van der Waals surface area contributed by atoms with Crippen LogP contribution in [0.2, 0.25) is 0 Å². The molecule has 0 radical (unpaired) electrons. The first-order chi connectivity index (χ1) is 70.1. The second kappa shape index (κ2) is 64.4. The van der Waals surface area contributed by atoms with Crippen LogP contribution in [-0.2, 0) is 124 Å². The van der Waals surface area contributed by atoms with Crippen LogP contribution in [0.3, 0.4) is 0 Å². The fourth-order valence-corrected chi connectivity index (χ4v) is 16.9. The van der Waals surface area contributed by atoms with Gasteiger partial charge in [0.15, 0.2) is 44.0 Å². The summed E-state index contributed by atoms with van der Waals surface area (Å²) < 4.78 is 78.5. The van der Waals surface area contributed by atoms with E-state index in [1.54, 1.807) is 0 Å². The van der Waals surface area contributed by atoms with Gasteiger partial charge in [-0.25, -0.2) is 4.79 Å². The average molecular weight is 2130 g/mol. The van der Waals surface area contributed by atoms with Gasteiger partial charge in [-0.15, -0.1) is 5.06 Å². The molecule has 0 unspecified atom stereocenters. The van der Waals surface area contributed by atoms with Crippen molar-refractivity contribution in [2.24, 2.45) is 0 Å². The van der Waals surface area contributed by atoms with Crippen molar-refractivity contribution in [3.63, 3.8) is 0 Å². The number of aliphatic hydroxyl groups excluding tert-OH is 23. The molecule has 0 bridgehead atoms. The summed E-state index contributed by atoms with van der Waals surface area (Å²) in [6.45, 7) is -6.88. The number of hydrogen-bond donors (Lipinski definition) is 29. The van der Waals surface area contributed by atoms with E-state index in [-0.39, 0.29) is 128 Å². The van der Waals surface area contributed by atoms with E-state index in [4.69, 9.17) is 71.2 Å². The Balaban J connectivity index is 0.794. The van der Waals surface area contributed by atoms with Gasteiger partial charge in [0.05, 0.1) is 105 Å². The quantitative estimate of drug-likeness (QED) is 0.0199. The monoisotopic (exact) mass is 2130 g/mol. The highest BCUT2D eigenvalue weighted by atomic mass is 16.8. The van der Waals surface area contributed by atoms with Gasteiger partial charge in [0, 0.05) is 84.2 Å². The smallest absolute Gasteiger partial charge is 0.333 e. The van der Waals surface area contributed by atoms with Crippen LogP contribution in [0.1, 0.15) is 142 Å². The molecule has 846 valence electrons. The van der Waals surface area contributed by atoms with Gasteiger partial charge in [0.1, 0.15) is 176 Å². The van der Waals surface area contributed by atoms with Crippen LogP contribution in [0.25, 0.3) is 0 Å². The summed E-state index contributed by atoms with van der Waals surface area (Å²) in [5, 5.41) is 258. The molecule has 0 aliphatic carbocycles. The van der Waals surface area contributed by atoms with Crippen molar-refractivity contribution in [3.8, 4) is 0 Å². The molecule has 58 nitrogen and oxygen atoms in total. The molecule has 8 aliphatic heterocycles. The standard InChI is InChI=1S/C89H151N9O49/c1-44-62(114)69(121)74(126)83(138-44)133-29-14-18-45(103)16-6-2-10-24-91-55(107)35-97(37-58(110)95-28-31-135-87-80(132)82(146-89-78(130)73(125)66(118)50(41-102)142-89)68(120)52(144-87)43-137-85-76(128)71(123)64(116)48(39-100)140-85)36-57(109)94-27-13-5-12-26-93-56(108)34-96(33-54(106)92-25-11-4-8-20-61(113)147-98-59(111)21-22-60(98)112)32-53(105)90-23-9-3-7-17-46(104)19-15-30-134-86-79(131)81(145-88-77(129)72(124)65(117)49(40-101)141-88)67(119)51(143-86)42-136-84-75(127)70(122)63(115)47(38-99)139-84/h44,47-52,62-89,99-102,114-132H,2-43H2,1H3,(H,90,105)(H,91,107)(H,92,106)(H,93,108)(H,94,109)(H,95,110)/t44-,47+,48+,49+,50+,51+,52+,62+,63+,64+,65+,66+,67+,68+,69+,70-,71-,72-,73-,74-,75-,76-,77-,78-,79-,80-,81-,82-,83+,84-,85-,86-,87-,88+,89+/m0/s1. The molecule has 8 saturated heterocycles. The summed E-state index contributed by atoms with van der Waals surface area (Å²) in [5.74, 6) is -6.08. The zero-order valence-electron chi connectivity index (χ0n) is 81.6. The number of hydrogen-bond acceptors (Lipinski definition) is 51. The normalized spacial score (nSPS) is 34.2. The molecule has 0 aromatic rings. The van der Waals surface area contributed by atoms with E-state index in [1.165, 1.54) is 16.7 Å². The Labute approximate surface area is 844 Å². The van der Waals surface area contributed by atoms with Crippen molar-refractivity contribution >= 4 is 64.8 Å². The molecular formula is C89H151N9O49. The number of amides is 8. The molecule has 35 atom stereocenters. The zero-order valence-corrected chi connectivity index (χ0v) is 81.6. The fourth-order valence-electron chi connectivity index (χ4n) is 16.9. The number of aliphatic hydroxyl groups is 23. The van der Waals surface area contributed by atoms with Crippen LogP contribution >= 0.6 is 0 Å². The second-order valence-electron chi connectivity index (χ2n) is 37.2. The largest absolute Gasteiger partial charge is 0.394 e. The van der Waals surface area contributed by atoms with Crippen LogP contribution in [0.15, 0.2) is 0 Å². The van der Waals surface area contributed by atoms with Gasteiger partial charge in [-0.3, -0.25) is 57.7 Å². The summed E-state index contributed by atoms with van der Waals surface area (Å²) in [6.07, 6.45) is -55.0. The van der Waals surface area contributed by atoms with E-state index in [9.17, 15) is 170 Å². The minimum absolute atomic E-state index is 0.0166. The molecule has 0 spiro atoms. The minimum Gasteiger partial charge on any atom is -0.394 e. The van der Waals surface area contributed by atoms with Crippen molar-refractivity contribution in [2.75, 3.05) is 138 Å². The molecule has 0 saturated carbocycles. The third-order valence-corrected chi connectivity index (χ3v) is 25.6. The third kappa shape index (κ3) is 39.3. The summed E-state index contributed by atoms with van der Waals surface area (Å²) in [4.78, 5) is 150. The predicted octanol–water partition coefficient (Wildman–Crippen LogP) is -15.8. The lowest BCUT2D eigenvalue weighted by Gasteiger charge is -2.46. The Morgan fingerprint density at radius 1 is 0.286 bits per heavy atom. The first kappa shape index (κ1) is 125. The van der Waals surface area contributed by atoms with E-state index in [0.29, 0.717) is 75.7 Å². The molecule has 8 aliphatic rings. The highest BCUT2D eigenvalue weighted by Gasteiger charge is 2.56. The lowest BCUT2D eigenvalue weighted by molar-refractivity contribution is -0.366. The second-order valence-corrected chi connectivity index (χ2v) is 37.2. The topological polar surface area (TPSA) is 873 Å². The highest BCUT2D eigenvalue weighted by molar-refractivity contribution is 6.01. The number of ether oxygens (including phenoxy) is 14. The van der Waals surface area contributed by atoms with Gasteiger partial charge in [0.25, 0.3) is 11.8 Å². The first-order valence-corrected chi connectivity index (χ1v) is 49.6. The number of unbranched alkanes of at least 4 members (excludes halogenated alkanes) is 8. The van der Waals surface area contributed by atoms with Crippen molar-refractivity contribution in [1.82, 2.24) is 46.8 Å². The van der Waals surface area contributed by atoms with Gasteiger partial charge >= 0.3 is 5.97 Å². The molecule has 58 heteroatoms. The Morgan fingerprint density at radius 3 is 0.884 bits per heavy atom. The summed E-state index contributed by atoms with van der Waals surface area (Å²) in [5.41, 5.74) is 0. The van der Waals surface area contributed by atoms with E-state index >= 15 is 0 Å². The van der Waals surface area contributed by atoms with Crippen molar-refractivity contribution in [1.29, 1.82) is 0 Å². The van der Waals surface area contributed by atoms with E-state index in [2.05, 4.69) is 31.9 Å². The number of nitrogens with zero attached hydrogens (tertiary/aromatic N) is 3. The third-order valence-electron chi connectivity index (χ3n) is 25.6. The maximum absolute atomic E-state index is 13.7. The predicted molar refractivity (Wildman–Crippen MR) is 484 cm³/mol. The number of rotatable bonds is 65. The van der Waals surface area contributed by atoms with Gasteiger partial charge in [-0.2, -0.15) is 0 Å². The van der Waals surface area contributed by atoms with Crippen molar-refractivity contribution < 1.29 is 241 Å². The number of nitrogens with one attached hydrogen (secondary N) is 6. The molecule has 0 aromatic carbocycles. The Bertz CT molecular complexity index is 3960. The summed E-state index contributed by atoms with van der Waals surface area (Å²) in [6, 6.07) is 0. The van der Waals surface area contributed by atoms with Crippen LogP contribution in [-0.4, -0.2) is 550 Å². The van der Waals surface area contributed by atoms with Crippen LogP contribution in [0.5, 0.6) is 0 Å². The maximum Gasteiger partial charge on any atom is 0.333 e. The summed E-state index contributed by atoms with van der Waals surface area (Å²) >= 11 is 0. The summed E-state index contributed by atoms with van der Waals surface area (Å²) in [7, 11) is 0.